The predicted octanol–water partition coefficient (Wildman–Crippen LogP) is 2.10. The Bertz CT molecular complexity index is 346. The highest BCUT2D eigenvalue weighted by Gasteiger charge is 1.94. The van der Waals surface area contributed by atoms with Gasteiger partial charge in [-0.3, -0.25) is 0 Å². The number of hydrogen-bond donors (Lipinski definition) is 9. The minimum Gasteiger partial charge on any atom is -0.330 e. The largest absolute Gasteiger partial charge is 0.330 e. The number of rotatable bonds is 27. The number of nitrogens with one attached hydrogen (secondary N) is 6. The van der Waals surface area contributed by atoms with E-state index in [-0.39, 0.29) is 12.4 Å². The molecule has 0 heterocycles. The Morgan fingerprint density at radius 3 is 0.750 bits per heavy atom. The Morgan fingerprint density at radius 2 is 0.550 bits per heavy atom. The van der Waals surface area contributed by atoms with Crippen LogP contribution in [0.25, 0.3) is 0 Å². The number of halogens is 1. The normalized spacial score (nSPS) is 10.8. The van der Waals surface area contributed by atoms with Crippen LogP contribution in [0.15, 0.2) is 0 Å². The fourth-order valence-corrected chi connectivity index (χ4v) is 3.24. The third kappa shape index (κ3) is 57.7. The summed E-state index contributed by atoms with van der Waals surface area (Å²) in [5, 5.41) is 20.3. The number of hydrogen-bond acceptors (Lipinski definition) is 9. The molecule has 12 N–H and O–H groups in total. The molecule has 0 saturated heterocycles. The molecule has 40 heavy (non-hydrogen) atoms. The van der Waals surface area contributed by atoms with E-state index < -0.39 is 0 Å². The van der Waals surface area contributed by atoms with Crippen molar-refractivity contribution < 1.29 is 0 Å². The Labute approximate surface area is 257 Å². The summed E-state index contributed by atoms with van der Waals surface area (Å²) in [5.74, 6) is 2.26. The van der Waals surface area contributed by atoms with E-state index >= 15 is 0 Å². The van der Waals surface area contributed by atoms with Gasteiger partial charge >= 0.3 is 0 Å². The molecule has 10 heteroatoms. The summed E-state index contributed by atoms with van der Waals surface area (Å²) < 4.78 is 0. The molecule has 0 aliphatic carbocycles. The summed E-state index contributed by atoms with van der Waals surface area (Å²) in [6.07, 6.45) is 6.87. The van der Waals surface area contributed by atoms with E-state index in [4.69, 9.17) is 17.2 Å². The second-order valence-corrected chi connectivity index (χ2v) is 11.5. The van der Waals surface area contributed by atoms with Crippen LogP contribution in [0.4, 0.5) is 0 Å². The highest BCUT2D eigenvalue weighted by Crippen LogP contribution is 1.88. The molecule has 0 aliphatic rings. The molecule has 0 unspecified atom stereocenters. The standard InChI is InChI=1S/3C10H25N3.ClH/c3*1-10(2)9-13-8-4-7-12-6-3-5-11;/h3*10,12-13H,3-9,11H2,1-2H3;1H. The monoisotopic (exact) mass is 598 g/mol. The van der Waals surface area contributed by atoms with Crippen molar-refractivity contribution in [3.8, 4) is 0 Å². The van der Waals surface area contributed by atoms with Crippen molar-refractivity contribution in [1.29, 1.82) is 0 Å². The van der Waals surface area contributed by atoms with E-state index in [2.05, 4.69) is 73.4 Å². The van der Waals surface area contributed by atoms with Crippen LogP contribution in [0.1, 0.15) is 80.1 Å². The minimum absolute atomic E-state index is 0. The second kappa shape index (κ2) is 43.4. The molecule has 0 amide bonds. The summed E-state index contributed by atoms with van der Waals surface area (Å²) in [5.41, 5.74) is 16.1. The van der Waals surface area contributed by atoms with Crippen LogP contribution in [-0.2, 0) is 0 Å². The van der Waals surface area contributed by atoms with E-state index in [0.29, 0.717) is 0 Å². The van der Waals surface area contributed by atoms with Crippen molar-refractivity contribution in [2.24, 2.45) is 35.0 Å². The molecule has 248 valence electrons. The van der Waals surface area contributed by atoms with Crippen LogP contribution in [0, 0.1) is 17.8 Å². The van der Waals surface area contributed by atoms with Crippen LogP contribution >= 0.6 is 12.4 Å². The average Bonchev–Trinajstić information content (AvgIpc) is 2.89. The van der Waals surface area contributed by atoms with Gasteiger partial charge in [-0.1, -0.05) is 41.5 Å². The maximum absolute atomic E-state index is 5.37. The molecule has 0 fully saturated rings. The van der Waals surface area contributed by atoms with Gasteiger partial charge in [0.25, 0.3) is 0 Å². The molecule has 9 nitrogen and oxygen atoms in total. The van der Waals surface area contributed by atoms with Crippen LogP contribution in [0.5, 0.6) is 0 Å². The van der Waals surface area contributed by atoms with Crippen molar-refractivity contribution in [3.05, 3.63) is 0 Å². The zero-order chi connectivity index (χ0) is 29.8. The minimum atomic E-state index is 0. The first kappa shape index (κ1) is 46.9. The summed E-state index contributed by atoms with van der Waals surface area (Å²) in [7, 11) is 0. The SMILES string of the molecule is CC(C)CNCCCNCCCN.CC(C)CNCCCNCCCN.CC(C)CNCCCNCCCN.Cl. The smallest absolute Gasteiger partial charge is 0.00258 e. The molecule has 0 atom stereocenters. The Balaban J connectivity index is -0.000000240. The van der Waals surface area contributed by atoms with E-state index in [1.54, 1.807) is 0 Å². The molecule has 0 aliphatic heterocycles. The molecule has 0 aromatic carbocycles. The van der Waals surface area contributed by atoms with Gasteiger partial charge in [-0.05, 0) is 154 Å². The molecule has 0 rings (SSSR count). The van der Waals surface area contributed by atoms with E-state index in [1.165, 1.54) is 19.3 Å². The van der Waals surface area contributed by atoms with Gasteiger partial charge in [0.15, 0.2) is 0 Å². The Kier molecular flexibility index (Phi) is 50.8. The lowest BCUT2D eigenvalue weighted by atomic mass is 10.2. The second-order valence-electron chi connectivity index (χ2n) is 11.5. The van der Waals surface area contributed by atoms with Gasteiger partial charge in [-0.25, -0.2) is 0 Å². The zero-order valence-corrected chi connectivity index (χ0v) is 28.5. The van der Waals surface area contributed by atoms with Crippen LogP contribution in [0.2, 0.25) is 0 Å². The molecular weight excluding hydrogens is 522 g/mol. The van der Waals surface area contributed by atoms with Gasteiger partial charge in [0, 0.05) is 0 Å². The van der Waals surface area contributed by atoms with Crippen LogP contribution in [0.3, 0.4) is 0 Å². The van der Waals surface area contributed by atoms with E-state index in [1.807, 2.05) is 0 Å². The fraction of sp³-hybridized carbons (Fsp3) is 1.00. The van der Waals surface area contributed by atoms with E-state index in [9.17, 15) is 0 Å². The summed E-state index contributed by atoms with van der Waals surface area (Å²) in [6, 6.07) is 0. The number of nitrogens with two attached hydrogens (primary N) is 3. The Hall–Kier alpha value is -0.0700. The molecule has 0 bridgehead atoms. The predicted molar refractivity (Wildman–Crippen MR) is 184 cm³/mol. The molecule has 0 aromatic heterocycles. The van der Waals surface area contributed by atoms with Gasteiger partial charge in [0.1, 0.15) is 0 Å². The average molecular weight is 598 g/mol. The first-order valence-corrected chi connectivity index (χ1v) is 16.2. The topological polar surface area (TPSA) is 150 Å². The van der Waals surface area contributed by atoms with Gasteiger partial charge < -0.3 is 49.1 Å². The molecule has 0 spiro atoms. The van der Waals surface area contributed by atoms with Crippen LogP contribution in [-0.4, -0.2) is 98.2 Å². The summed E-state index contributed by atoms with van der Waals surface area (Å²) in [4.78, 5) is 0. The maximum Gasteiger partial charge on any atom is -0.00258 e. The van der Waals surface area contributed by atoms with Crippen LogP contribution < -0.4 is 49.1 Å². The fourth-order valence-electron chi connectivity index (χ4n) is 3.24. The Morgan fingerprint density at radius 1 is 0.350 bits per heavy atom. The van der Waals surface area contributed by atoms with Gasteiger partial charge in [-0.15, -0.1) is 12.4 Å². The van der Waals surface area contributed by atoms with Gasteiger partial charge in [0.05, 0.1) is 0 Å². The molecular formula is C30H76ClN9. The molecule has 0 aromatic rings. The third-order valence-corrected chi connectivity index (χ3v) is 5.45. The van der Waals surface area contributed by atoms with Gasteiger partial charge in [0.2, 0.25) is 0 Å². The zero-order valence-electron chi connectivity index (χ0n) is 27.7. The van der Waals surface area contributed by atoms with Crippen molar-refractivity contribution >= 4 is 12.4 Å². The van der Waals surface area contributed by atoms with Crippen molar-refractivity contribution in [2.75, 3.05) is 98.2 Å². The molecule has 0 radical (unpaired) electrons. The van der Waals surface area contributed by atoms with Gasteiger partial charge in [-0.2, -0.15) is 0 Å². The summed E-state index contributed by atoms with van der Waals surface area (Å²) >= 11 is 0. The lowest BCUT2D eigenvalue weighted by Crippen LogP contribution is -2.25. The maximum atomic E-state index is 5.37. The molecule has 0 saturated carbocycles. The van der Waals surface area contributed by atoms with Crippen molar-refractivity contribution in [1.82, 2.24) is 31.9 Å². The highest BCUT2D eigenvalue weighted by atomic mass is 35.5. The quantitative estimate of drug-likeness (QED) is 0.0649. The van der Waals surface area contributed by atoms with Crippen molar-refractivity contribution in [3.63, 3.8) is 0 Å². The van der Waals surface area contributed by atoms with Crippen molar-refractivity contribution in [2.45, 2.75) is 80.1 Å². The first-order valence-electron chi connectivity index (χ1n) is 16.2. The first-order chi connectivity index (χ1) is 18.8. The summed E-state index contributed by atoms with van der Waals surface area (Å²) in [6.45, 7) is 29.0. The third-order valence-electron chi connectivity index (χ3n) is 5.45. The highest BCUT2D eigenvalue weighted by molar-refractivity contribution is 5.85. The lowest BCUT2D eigenvalue weighted by molar-refractivity contribution is 0.529. The van der Waals surface area contributed by atoms with E-state index in [0.717, 1.165) is 135 Å². The lowest BCUT2D eigenvalue weighted by Gasteiger charge is -2.07.